The molecule has 0 spiro atoms. The standard InChI is InChI=1S/C21H38O4/c1-4-21(20(24)25)15-11-13-17(19(22)23)18(21)14-10-8-6-5-7-9-12-16(2)3/h16-18H,4-15H2,1-3H3,(H,22,23)(H,24,25). The fraction of sp³-hybridized carbons (Fsp3) is 0.905. The minimum Gasteiger partial charge on any atom is -0.481 e. The quantitative estimate of drug-likeness (QED) is 0.438. The van der Waals surface area contributed by atoms with Crippen molar-refractivity contribution in [3.63, 3.8) is 0 Å². The summed E-state index contributed by atoms with van der Waals surface area (Å²) in [7, 11) is 0. The van der Waals surface area contributed by atoms with Crippen LogP contribution in [-0.4, -0.2) is 22.2 Å². The zero-order valence-corrected chi connectivity index (χ0v) is 16.4. The first-order valence-electron chi connectivity index (χ1n) is 10.3. The summed E-state index contributed by atoms with van der Waals surface area (Å²) in [5, 5.41) is 19.4. The van der Waals surface area contributed by atoms with E-state index >= 15 is 0 Å². The van der Waals surface area contributed by atoms with Gasteiger partial charge in [-0.2, -0.15) is 0 Å². The maximum absolute atomic E-state index is 12.0. The first kappa shape index (κ1) is 22.0. The molecular weight excluding hydrogens is 316 g/mol. The van der Waals surface area contributed by atoms with E-state index in [1.807, 2.05) is 6.92 Å². The zero-order chi connectivity index (χ0) is 18.9. The van der Waals surface area contributed by atoms with Gasteiger partial charge >= 0.3 is 11.9 Å². The number of hydrogen-bond acceptors (Lipinski definition) is 2. The summed E-state index contributed by atoms with van der Waals surface area (Å²) < 4.78 is 0. The third-order valence-corrected chi connectivity index (χ3v) is 6.25. The van der Waals surface area contributed by atoms with Crippen LogP contribution in [0.5, 0.6) is 0 Å². The molecule has 0 amide bonds. The van der Waals surface area contributed by atoms with Crippen LogP contribution in [0.25, 0.3) is 0 Å². The number of rotatable bonds is 12. The molecule has 3 unspecified atom stereocenters. The lowest BCUT2D eigenvalue weighted by molar-refractivity contribution is -0.164. The van der Waals surface area contributed by atoms with Crippen molar-refractivity contribution in [2.45, 2.75) is 97.8 Å². The Morgan fingerprint density at radius 1 is 1.04 bits per heavy atom. The van der Waals surface area contributed by atoms with E-state index in [9.17, 15) is 19.8 Å². The van der Waals surface area contributed by atoms with Gasteiger partial charge in [-0.05, 0) is 37.5 Å². The molecule has 0 radical (unpaired) electrons. The van der Waals surface area contributed by atoms with Crippen LogP contribution in [0.15, 0.2) is 0 Å². The Balaban J connectivity index is 2.49. The highest BCUT2D eigenvalue weighted by molar-refractivity contribution is 5.78. The normalized spacial score (nSPS) is 26.7. The molecule has 25 heavy (non-hydrogen) atoms. The second-order valence-corrected chi connectivity index (χ2v) is 8.35. The van der Waals surface area contributed by atoms with Crippen molar-refractivity contribution >= 4 is 11.9 Å². The van der Waals surface area contributed by atoms with E-state index in [0.717, 1.165) is 25.2 Å². The Kier molecular flexibility index (Phi) is 9.52. The first-order chi connectivity index (χ1) is 11.8. The number of carbonyl (C=O) groups is 2. The van der Waals surface area contributed by atoms with Crippen molar-refractivity contribution in [1.29, 1.82) is 0 Å². The van der Waals surface area contributed by atoms with Crippen LogP contribution in [0.4, 0.5) is 0 Å². The van der Waals surface area contributed by atoms with Gasteiger partial charge in [-0.25, -0.2) is 0 Å². The summed E-state index contributed by atoms with van der Waals surface area (Å²) in [4.78, 5) is 23.6. The van der Waals surface area contributed by atoms with Crippen molar-refractivity contribution in [1.82, 2.24) is 0 Å². The second kappa shape index (κ2) is 10.8. The molecule has 3 atom stereocenters. The largest absolute Gasteiger partial charge is 0.481 e. The molecule has 0 aromatic carbocycles. The molecule has 146 valence electrons. The smallest absolute Gasteiger partial charge is 0.309 e. The van der Waals surface area contributed by atoms with Crippen molar-refractivity contribution in [3.8, 4) is 0 Å². The van der Waals surface area contributed by atoms with Gasteiger partial charge in [0.1, 0.15) is 0 Å². The molecule has 2 N–H and O–H groups in total. The van der Waals surface area contributed by atoms with Gasteiger partial charge in [-0.15, -0.1) is 0 Å². The van der Waals surface area contributed by atoms with Gasteiger partial charge in [0.25, 0.3) is 0 Å². The molecule has 0 heterocycles. The third-order valence-electron chi connectivity index (χ3n) is 6.25. The maximum atomic E-state index is 12.0. The van der Waals surface area contributed by atoms with E-state index in [0.29, 0.717) is 25.7 Å². The fourth-order valence-electron chi connectivity index (χ4n) is 4.66. The number of hydrogen-bond donors (Lipinski definition) is 2. The lowest BCUT2D eigenvalue weighted by atomic mass is 9.59. The van der Waals surface area contributed by atoms with E-state index < -0.39 is 23.3 Å². The van der Waals surface area contributed by atoms with E-state index in [2.05, 4.69) is 13.8 Å². The highest BCUT2D eigenvalue weighted by Crippen LogP contribution is 2.49. The van der Waals surface area contributed by atoms with Crippen LogP contribution in [0.2, 0.25) is 0 Å². The second-order valence-electron chi connectivity index (χ2n) is 8.35. The van der Waals surface area contributed by atoms with Crippen LogP contribution in [-0.2, 0) is 9.59 Å². The fourth-order valence-corrected chi connectivity index (χ4v) is 4.66. The van der Waals surface area contributed by atoms with Crippen LogP contribution < -0.4 is 0 Å². The van der Waals surface area contributed by atoms with Gasteiger partial charge in [0.15, 0.2) is 0 Å². The van der Waals surface area contributed by atoms with Gasteiger partial charge in [0.05, 0.1) is 11.3 Å². The van der Waals surface area contributed by atoms with Gasteiger partial charge < -0.3 is 10.2 Å². The van der Waals surface area contributed by atoms with Gasteiger partial charge in [0.2, 0.25) is 0 Å². The van der Waals surface area contributed by atoms with Crippen molar-refractivity contribution < 1.29 is 19.8 Å². The predicted molar refractivity (Wildman–Crippen MR) is 101 cm³/mol. The monoisotopic (exact) mass is 354 g/mol. The lowest BCUT2D eigenvalue weighted by Gasteiger charge is -2.43. The molecule has 0 aliphatic heterocycles. The highest BCUT2D eigenvalue weighted by Gasteiger charge is 2.51. The summed E-state index contributed by atoms with van der Waals surface area (Å²) in [5.74, 6) is -1.53. The summed E-state index contributed by atoms with van der Waals surface area (Å²) >= 11 is 0. The molecule has 1 saturated carbocycles. The molecule has 0 aromatic heterocycles. The summed E-state index contributed by atoms with van der Waals surface area (Å²) in [6.07, 6.45) is 11.5. The van der Waals surface area contributed by atoms with Gasteiger partial charge in [0, 0.05) is 0 Å². The Morgan fingerprint density at radius 3 is 2.16 bits per heavy atom. The van der Waals surface area contributed by atoms with Gasteiger partial charge in [-0.3, -0.25) is 9.59 Å². The minimum atomic E-state index is -0.835. The Labute approximate surface area is 153 Å². The van der Waals surface area contributed by atoms with Crippen molar-refractivity contribution in [2.75, 3.05) is 0 Å². The SMILES string of the molecule is CCC1(C(=O)O)CCCC(C(=O)O)C1CCCCCCCCC(C)C. The molecule has 1 rings (SSSR count). The molecular formula is C21H38O4. The molecule has 4 heteroatoms. The minimum absolute atomic E-state index is 0.220. The highest BCUT2D eigenvalue weighted by atomic mass is 16.4. The maximum Gasteiger partial charge on any atom is 0.309 e. The Morgan fingerprint density at radius 2 is 1.64 bits per heavy atom. The molecule has 1 fully saturated rings. The molecule has 0 aromatic rings. The van der Waals surface area contributed by atoms with E-state index in [1.165, 1.54) is 32.1 Å². The average molecular weight is 355 g/mol. The van der Waals surface area contributed by atoms with Crippen molar-refractivity contribution in [3.05, 3.63) is 0 Å². The van der Waals surface area contributed by atoms with Crippen LogP contribution in [0, 0.1) is 23.2 Å². The lowest BCUT2D eigenvalue weighted by Crippen LogP contribution is -2.47. The van der Waals surface area contributed by atoms with Crippen LogP contribution >= 0.6 is 0 Å². The summed E-state index contributed by atoms with van der Waals surface area (Å²) in [6, 6.07) is 0. The third kappa shape index (κ3) is 6.31. The van der Waals surface area contributed by atoms with E-state index in [-0.39, 0.29) is 5.92 Å². The number of carboxylic acids is 2. The Bertz CT molecular complexity index is 418. The zero-order valence-electron chi connectivity index (χ0n) is 16.4. The average Bonchev–Trinajstić information content (AvgIpc) is 2.56. The summed E-state index contributed by atoms with van der Waals surface area (Å²) in [5.41, 5.74) is -0.835. The van der Waals surface area contributed by atoms with Crippen LogP contribution in [0.1, 0.15) is 97.8 Å². The number of aliphatic carboxylic acids is 2. The topological polar surface area (TPSA) is 74.6 Å². The van der Waals surface area contributed by atoms with Crippen molar-refractivity contribution in [2.24, 2.45) is 23.2 Å². The first-order valence-corrected chi connectivity index (χ1v) is 10.3. The molecule has 1 aliphatic carbocycles. The summed E-state index contributed by atoms with van der Waals surface area (Å²) in [6.45, 7) is 6.41. The molecule has 4 nitrogen and oxygen atoms in total. The number of unbranched alkanes of at least 4 members (excludes halogenated alkanes) is 5. The van der Waals surface area contributed by atoms with Crippen LogP contribution in [0.3, 0.4) is 0 Å². The Hall–Kier alpha value is -1.06. The molecule has 0 saturated heterocycles. The predicted octanol–water partition coefficient (Wildman–Crippen LogP) is 5.75. The van der Waals surface area contributed by atoms with E-state index in [1.54, 1.807) is 0 Å². The van der Waals surface area contributed by atoms with E-state index in [4.69, 9.17) is 0 Å². The molecule has 1 aliphatic rings. The number of carboxylic acid groups (broad SMARTS) is 2. The molecule has 0 bridgehead atoms. The van der Waals surface area contributed by atoms with Gasteiger partial charge in [-0.1, -0.05) is 72.1 Å².